The monoisotopic (exact) mass is 442 g/mol. The molecule has 1 saturated heterocycles. The van der Waals surface area contributed by atoms with Crippen LogP contribution in [0.3, 0.4) is 0 Å². The van der Waals surface area contributed by atoms with Crippen LogP contribution in [0, 0.1) is 5.92 Å². The number of carbonyl (C=O) groups is 3. The van der Waals surface area contributed by atoms with E-state index < -0.39 is 5.54 Å². The number of aryl methyl sites for hydroxylation is 1. The molecule has 7 nitrogen and oxygen atoms in total. The average Bonchev–Trinajstić information content (AvgIpc) is 3.52. The van der Waals surface area contributed by atoms with E-state index >= 15 is 0 Å². The first-order valence-electron chi connectivity index (χ1n) is 11.6. The predicted octanol–water partition coefficient (Wildman–Crippen LogP) is 3.74. The maximum absolute atomic E-state index is 12.9. The van der Waals surface area contributed by atoms with Crippen LogP contribution in [0.4, 0.5) is 4.79 Å². The quantitative estimate of drug-likeness (QED) is 0.477. The highest BCUT2D eigenvalue weighted by molar-refractivity contribution is 6.07. The van der Waals surface area contributed by atoms with Crippen LogP contribution in [0.2, 0.25) is 0 Å². The van der Waals surface area contributed by atoms with Gasteiger partial charge in [-0.25, -0.2) is 9.78 Å². The van der Waals surface area contributed by atoms with Crippen LogP contribution in [0.5, 0.6) is 0 Å². The number of rotatable bonds is 3. The van der Waals surface area contributed by atoms with Gasteiger partial charge < -0.3 is 9.88 Å². The van der Waals surface area contributed by atoms with Gasteiger partial charge in [-0.05, 0) is 55.4 Å². The Balaban J connectivity index is 1.25. The summed E-state index contributed by atoms with van der Waals surface area (Å²) in [5.74, 6) is 1.24. The fraction of sp³-hybridized carbons (Fsp3) is 0.385. The predicted molar refractivity (Wildman–Crippen MR) is 123 cm³/mol. The van der Waals surface area contributed by atoms with Crippen LogP contribution in [-0.2, 0) is 17.6 Å². The van der Waals surface area contributed by atoms with E-state index in [0.29, 0.717) is 12.8 Å². The molecule has 0 radical (unpaired) electrons. The molecule has 1 aromatic heterocycles. The molecular weight excluding hydrogens is 416 g/mol. The lowest BCUT2D eigenvalue weighted by atomic mass is 9.77. The highest BCUT2D eigenvalue weighted by Gasteiger charge is 2.52. The number of urea groups is 1. The zero-order chi connectivity index (χ0) is 22.7. The van der Waals surface area contributed by atoms with E-state index in [-0.39, 0.29) is 29.6 Å². The zero-order valence-corrected chi connectivity index (χ0v) is 18.6. The van der Waals surface area contributed by atoms with Crippen LogP contribution in [0.1, 0.15) is 58.9 Å². The molecule has 2 heterocycles. The molecule has 1 saturated carbocycles. The van der Waals surface area contributed by atoms with Crippen molar-refractivity contribution in [2.45, 2.75) is 50.0 Å². The van der Waals surface area contributed by atoms with Gasteiger partial charge >= 0.3 is 6.03 Å². The lowest BCUT2D eigenvalue weighted by Gasteiger charge is -2.37. The van der Waals surface area contributed by atoms with Crippen molar-refractivity contribution in [3.63, 3.8) is 0 Å². The number of likely N-dealkylation sites (N-methyl/N-ethyl adjacent to an activating group) is 1. The molecule has 2 fully saturated rings. The summed E-state index contributed by atoms with van der Waals surface area (Å²) in [4.78, 5) is 47.5. The summed E-state index contributed by atoms with van der Waals surface area (Å²) in [6.07, 6.45) is 4.49. The average molecular weight is 443 g/mol. The van der Waals surface area contributed by atoms with Gasteiger partial charge in [0.05, 0.1) is 11.0 Å². The minimum atomic E-state index is -0.795. The summed E-state index contributed by atoms with van der Waals surface area (Å²) in [7, 11) is 1.70. The van der Waals surface area contributed by atoms with Gasteiger partial charge in [0, 0.05) is 30.9 Å². The third-order valence-electron chi connectivity index (χ3n) is 7.95. The highest BCUT2D eigenvalue weighted by atomic mass is 16.2. The third kappa shape index (κ3) is 3.09. The van der Waals surface area contributed by atoms with Crippen molar-refractivity contribution in [2.75, 3.05) is 7.05 Å². The number of hydrogen-bond acceptors (Lipinski definition) is 4. The van der Waals surface area contributed by atoms with Crippen LogP contribution in [-0.4, -0.2) is 45.2 Å². The number of H-pyrrole nitrogens is 1. The number of amides is 3. The molecule has 7 heteroatoms. The molecule has 1 aliphatic heterocycles. The van der Waals surface area contributed by atoms with E-state index in [2.05, 4.69) is 22.4 Å². The van der Waals surface area contributed by atoms with Gasteiger partial charge in [0.25, 0.3) is 5.91 Å². The first kappa shape index (κ1) is 20.1. The summed E-state index contributed by atoms with van der Waals surface area (Å²) in [6.45, 7) is 0. The maximum atomic E-state index is 12.9. The Labute approximate surface area is 191 Å². The second-order valence-electron chi connectivity index (χ2n) is 9.72. The zero-order valence-electron chi connectivity index (χ0n) is 18.6. The second kappa shape index (κ2) is 7.27. The minimum absolute atomic E-state index is 0.0348. The van der Waals surface area contributed by atoms with E-state index in [0.717, 1.165) is 53.7 Å². The fourth-order valence-electron chi connectivity index (χ4n) is 5.93. The SMILES string of the molecule is CN1C(=O)NC(=O)C12CCc1cc3nc(C4CCC(C(=O)c5ccccc5)C4)[nH]c3cc1C2. The van der Waals surface area contributed by atoms with E-state index in [1.54, 1.807) is 11.9 Å². The van der Waals surface area contributed by atoms with Crippen molar-refractivity contribution in [3.8, 4) is 0 Å². The number of ketones is 1. The number of benzene rings is 2. The van der Waals surface area contributed by atoms with Crippen molar-refractivity contribution in [2.24, 2.45) is 5.92 Å². The van der Waals surface area contributed by atoms with Crippen molar-refractivity contribution in [3.05, 3.63) is 65.0 Å². The van der Waals surface area contributed by atoms with Crippen molar-refractivity contribution in [1.82, 2.24) is 20.2 Å². The Morgan fingerprint density at radius 2 is 1.94 bits per heavy atom. The number of Topliss-reactive ketones (excluding diaryl/α,β-unsaturated/α-hetero) is 1. The number of imidazole rings is 1. The summed E-state index contributed by atoms with van der Waals surface area (Å²) < 4.78 is 0. The third-order valence-corrected chi connectivity index (χ3v) is 7.95. The van der Waals surface area contributed by atoms with E-state index in [4.69, 9.17) is 4.98 Å². The molecule has 1 spiro atoms. The molecule has 2 aromatic carbocycles. The largest absolute Gasteiger partial charge is 0.342 e. The Kier molecular flexibility index (Phi) is 4.44. The number of aromatic amines is 1. The van der Waals surface area contributed by atoms with Crippen molar-refractivity contribution in [1.29, 1.82) is 0 Å². The number of fused-ring (bicyclic) bond motifs is 2. The number of aromatic nitrogens is 2. The fourth-order valence-corrected chi connectivity index (χ4v) is 5.93. The summed E-state index contributed by atoms with van der Waals surface area (Å²) in [5, 5.41) is 2.46. The van der Waals surface area contributed by atoms with Crippen LogP contribution < -0.4 is 5.32 Å². The standard InChI is InChI=1S/C26H26N4O3/c1-30-25(33)29-24(32)26(30)10-9-16-12-20-21(13-19(16)14-26)28-23(27-20)18-8-7-17(11-18)22(31)15-5-3-2-4-6-15/h2-6,12-13,17-18H,7-11,14H2,1H3,(H,27,28)(H,29,32,33). The topological polar surface area (TPSA) is 95.2 Å². The van der Waals surface area contributed by atoms with Gasteiger partial charge in [-0.2, -0.15) is 0 Å². The Morgan fingerprint density at radius 3 is 2.70 bits per heavy atom. The molecule has 3 aromatic rings. The van der Waals surface area contributed by atoms with Crippen LogP contribution >= 0.6 is 0 Å². The Bertz CT molecular complexity index is 1300. The number of carbonyl (C=O) groups excluding carboxylic acids is 3. The molecule has 168 valence electrons. The van der Waals surface area contributed by atoms with E-state index in [9.17, 15) is 14.4 Å². The molecule has 2 aliphatic carbocycles. The normalized spacial score (nSPS) is 26.8. The summed E-state index contributed by atoms with van der Waals surface area (Å²) in [6, 6.07) is 13.4. The van der Waals surface area contributed by atoms with Gasteiger partial charge in [-0.1, -0.05) is 30.3 Å². The maximum Gasteiger partial charge on any atom is 0.324 e. The lowest BCUT2D eigenvalue weighted by molar-refractivity contribution is -0.126. The van der Waals surface area contributed by atoms with E-state index in [1.807, 2.05) is 30.3 Å². The number of imide groups is 1. The smallest absolute Gasteiger partial charge is 0.324 e. The highest BCUT2D eigenvalue weighted by Crippen LogP contribution is 2.41. The molecular formula is C26H26N4O3. The minimum Gasteiger partial charge on any atom is -0.342 e. The molecule has 6 rings (SSSR count). The first-order valence-corrected chi connectivity index (χ1v) is 11.6. The number of hydrogen-bond donors (Lipinski definition) is 2. The van der Waals surface area contributed by atoms with Gasteiger partial charge in [-0.3, -0.25) is 14.9 Å². The molecule has 0 bridgehead atoms. The molecule has 33 heavy (non-hydrogen) atoms. The van der Waals surface area contributed by atoms with Gasteiger partial charge in [0.2, 0.25) is 0 Å². The van der Waals surface area contributed by atoms with Crippen molar-refractivity contribution >= 4 is 28.8 Å². The Morgan fingerprint density at radius 1 is 1.12 bits per heavy atom. The second-order valence-corrected chi connectivity index (χ2v) is 9.72. The molecule has 3 amide bonds. The number of nitrogens with one attached hydrogen (secondary N) is 2. The van der Waals surface area contributed by atoms with Crippen LogP contribution in [0.25, 0.3) is 11.0 Å². The summed E-state index contributed by atoms with van der Waals surface area (Å²) >= 11 is 0. The molecule has 2 N–H and O–H groups in total. The molecule has 3 aliphatic rings. The summed E-state index contributed by atoms with van der Waals surface area (Å²) in [5.41, 5.74) is 4.15. The van der Waals surface area contributed by atoms with Crippen molar-refractivity contribution < 1.29 is 14.4 Å². The van der Waals surface area contributed by atoms with Gasteiger partial charge in [0.1, 0.15) is 11.4 Å². The van der Waals surface area contributed by atoms with E-state index in [1.165, 1.54) is 5.56 Å². The molecule has 3 atom stereocenters. The van der Waals surface area contributed by atoms with Gasteiger partial charge in [-0.15, -0.1) is 0 Å². The first-order chi connectivity index (χ1) is 15.9. The number of nitrogens with zero attached hydrogens (tertiary/aromatic N) is 2. The Hall–Kier alpha value is -3.48. The lowest BCUT2D eigenvalue weighted by Crippen LogP contribution is -2.51. The van der Waals surface area contributed by atoms with Gasteiger partial charge in [0.15, 0.2) is 5.78 Å². The molecule has 3 unspecified atom stereocenters. The van der Waals surface area contributed by atoms with Crippen LogP contribution in [0.15, 0.2) is 42.5 Å².